The second kappa shape index (κ2) is 10.1. The first-order chi connectivity index (χ1) is 15.8. The lowest BCUT2D eigenvalue weighted by atomic mass is 10.2. The Bertz CT molecular complexity index is 1300. The molecule has 0 saturated heterocycles. The zero-order valence-electron chi connectivity index (χ0n) is 17.9. The Morgan fingerprint density at radius 1 is 0.879 bits per heavy atom. The number of aryl methyl sites for hydroxylation is 1. The molecule has 33 heavy (non-hydrogen) atoms. The van der Waals surface area contributed by atoms with Crippen LogP contribution in [0.25, 0.3) is 0 Å². The number of halogens is 3. The lowest BCUT2D eigenvalue weighted by Gasteiger charge is -2.10. The molecule has 0 atom stereocenters. The molecule has 6 nitrogen and oxygen atoms in total. The Morgan fingerprint density at radius 3 is 2.36 bits per heavy atom. The van der Waals surface area contributed by atoms with Gasteiger partial charge in [-0.3, -0.25) is 9.36 Å². The highest BCUT2D eigenvalue weighted by atomic mass is 35.5. The van der Waals surface area contributed by atoms with E-state index in [4.69, 9.17) is 47.0 Å². The fourth-order valence-corrected chi connectivity index (χ4v) is 4.15. The molecule has 2 heterocycles. The van der Waals surface area contributed by atoms with E-state index in [9.17, 15) is 0 Å². The number of hydrogen-bond donors (Lipinski definition) is 2. The number of anilines is 2. The minimum absolute atomic E-state index is 0.377. The molecule has 0 aliphatic heterocycles. The number of aromatic nitrogens is 4. The average molecular weight is 520 g/mol. The van der Waals surface area contributed by atoms with Gasteiger partial charge in [-0.2, -0.15) is 10.2 Å². The van der Waals surface area contributed by atoms with Crippen molar-refractivity contribution in [1.29, 1.82) is 0 Å². The van der Waals surface area contributed by atoms with Gasteiger partial charge in [-0.1, -0.05) is 71.2 Å². The van der Waals surface area contributed by atoms with E-state index < -0.39 is 0 Å². The van der Waals surface area contributed by atoms with Crippen LogP contribution in [0.2, 0.25) is 15.1 Å². The topological polar surface area (TPSA) is 59.7 Å². The van der Waals surface area contributed by atoms with E-state index >= 15 is 0 Å². The van der Waals surface area contributed by atoms with Crippen LogP contribution in [0, 0.1) is 13.8 Å². The Morgan fingerprint density at radius 2 is 1.64 bits per heavy atom. The summed E-state index contributed by atoms with van der Waals surface area (Å²) in [5, 5.41) is 17.3. The smallest absolute Gasteiger partial charge is 0.176 e. The van der Waals surface area contributed by atoms with E-state index in [1.54, 1.807) is 23.0 Å². The predicted molar refractivity (Wildman–Crippen MR) is 140 cm³/mol. The van der Waals surface area contributed by atoms with E-state index in [0.717, 1.165) is 22.6 Å². The van der Waals surface area contributed by atoms with E-state index in [1.165, 1.54) is 5.56 Å². The molecular weight excluding hydrogens is 499 g/mol. The van der Waals surface area contributed by atoms with Gasteiger partial charge < -0.3 is 10.6 Å². The van der Waals surface area contributed by atoms with Gasteiger partial charge in [0.15, 0.2) is 10.9 Å². The first kappa shape index (κ1) is 23.6. The van der Waals surface area contributed by atoms with Crippen LogP contribution in [0.5, 0.6) is 0 Å². The average Bonchev–Trinajstić information content (AvgIpc) is 3.24. The third kappa shape index (κ3) is 5.68. The third-order valence-corrected chi connectivity index (χ3v) is 6.29. The molecule has 0 radical (unpaired) electrons. The van der Waals surface area contributed by atoms with Gasteiger partial charge in [0.25, 0.3) is 0 Å². The molecule has 0 fully saturated rings. The monoisotopic (exact) mass is 518 g/mol. The highest BCUT2D eigenvalue weighted by Gasteiger charge is 2.15. The van der Waals surface area contributed by atoms with Crippen LogP contribution >= 0.6 is 47.0 Å². The summed E-state index contributed by atoms with van der Waals surface area (Å²) in [7, 11) is 0. The molecular formula is C23H21Cl3N6S. The van der Waals surface area contributed by atoms with Gasteiger partial charge >= 0.3 is 0 Å². The normalized spacial score (nSPS) is 10.9. The molecule has 10 heteroatoms. The van der Waals surface area contributed by atoms with Crippen LogP contribution < -0.4 is 10.6 Å². The summed E-state index contributed by atoms with van der Waals surface area (Å²) < 4.78 is 3.66. The van der Waals surface area contributed by atoms with Crippen LogP contribution in [-0.4, -0.2) is 24.7 Å². The first-order valence-corrected chi connectivity index (χ1v) is 11.7. The van der Waals surface area contributed by atoms with Crippen molar-refractivity contribution in [2.75, 3.05) is 10.6 Å². The molecule has 2 N–H and O–H groups in total. The molecule has 0 saturated carbocycles. The van der Waals surface area contributed by atoms with Gasteiger partial charge in [-0.05, 0) is 49.3 Å². The molecule has 0 amide bonds. The van der Waals surface area contributed by atoms with Crippen LogP contribution in [0.15, 0.2) is 54.7 Å². The van der Waals surface area contributed by atoms with Crippen LogP contribution in [0.3, 0.4) is 0 Å². The first-order valence-electron chi connectivity index (χ1n) is 10.1. The van der Waals surface area contributed by atoms with E-state index in [-0.39, 0.29) is 0 Å². The number of rotatable bonds is 6. The van der Waals surface area contributed by atoms with Crippen LogP contribution in [0.1, 0.15) is 22.5 Å². The zero-order valence-corrected chi connectivity index (χ0v) is 21.0. The van der Waals surface area contributed by atoms with Gasteiger partial charge in [0.2, 0.25) is 0 Å². The van der Waals surface area contributed by atoms with Gasteiger partial charge in [0.05, 0.1) is 40.2 Å². The summed E-state index contributed by atoms with van der Waals surface area (Å²) in [6, 6.07) is 15.6. The molecule has 2 aromatic carbocycles. The summed E-state index contributed by atoms with van der Waals surface area (Å²) in [4.78, 5) is 0. The second-order valence-corrected chi connectivity index (χ2v) is 9.17. The van der Waals surface area contributed by atoms with Gasteiger partial charge in [0.1, 0.15) is 5.02 Å². The second-order valence-electron chi connectivity index (χ2n) is 7.54. The van der Waals surface area contributed by atoms with Crippen molar-refractivity contribution in [2.45, 2.75) is 26.9 Å². The standard InChI is InChI=1S/C23H21Cl3N6S/c1-14-21(15(2)32(29-14)12-16-6-4-3-5-7-16)27-23(33)28-22-20(26)13-31(30-22)11-17-8-9-18(24)19(25)10-17/h3-10,13H,11-12H2,1-2H3,(H2,27,28,30,33). The number of hydrogen-bond acceptors (Lipinski definition) is 3. The molecule has 0 aliphatic carbocycles. The number of nitrogens with zero attached hydrogens (tertiary/aromatic N) is 4. The number of benzene rings is 2. The molecule has 170 valence electrons. The Labute approximate surface area is 212 Å². The van der Waals surface area contributed by atoms with Gasteiger partial charge in [-0.15, -0.1) is 0 Å². The lowest BCUT2D eigenvalue weighted by Crippen LogP contribution is -2.20. The van der Waals surface area contributed by atoms with E-state index in [1.807, 2.05) is 42.8 Å². The maximum Gasteiger partial charge on any atom is 0.176 e. The predicted octanol–water partition coefficient (Wildman–Crippen LogP) is 6.56. The summed E-state index contributed by atoms with van der Waals surface area (Å²) in [5.41, 5.74) is 4.82. The Kier molecular flexibility index (Phi) is 7.24. The molecule has 2 aromatic heterocycles. The van der Waals surface area contributed by atoms with Crippen molar-refractivity contribution in [3.63, 3.8) is 0 Å². The van der Waals surface area contributed by atoms with Crippen molar-refractivity contribution in [3.05, 3.63) is 92.3 Å². The van der Waals surface area contributed by atoms with Crippen molar-refractivity contribution in [3.8, 4) is 0 Å². The van der Waals surface area contributed by atoms with Gasteiger partial charge in [0, 0.05) is 6.20 Å². The van der Waals surface area contributed by atoms with E-state index in [2.05, 4.69) is 33.0 Å². The lowest BCUT2D eigenvalue weighted by molar-refractivity contribution is 0.659. The SMILES string of the molecule is Cc1nn(Cc2ccccc2)c(C)c1NC(=S)Nc1nn(Cc2ccc(Cl)c(Cl)c2)cc1Cl. The Hall–Kier alpha value is -2.58. The Balaban J connectivity index is 1.43. The quantitative estimate of drug-likeness (QED) is 0.282. The molecule has 0 bridgehead atoms. The van der Waals surface area contributed by atoms with Gasteiger partial charge in [-0.25, -0.2) is 0 Å². The maximum absolute atomic E-state index is 6.37. The van der Waals surface area contributed by atoms with E-state index in [0.29, 0.717) is 39.1 Å². The fourth-order valence-electron chi connectivity index (χ4n) is 3.43. The zero-order chi connectivity index (χ0) is 23.5. The highest BCUT2D eigenvalue weighted by Crippen LogP contribution is 2.25. The summed E-state index contributed by atoms with van der Waals surface area (Å²) in [6.07, 6.45) is 1.73. The van der Waals surface area contributed by atoms with Crippen LogP contribution in [-0.2, 0) is 13.1 Å². The largest absolute Gasteiger partial charge is 0.329 e. The highest BCUT2D eigenvalue weighted by molar-refractivity contribution is 7.80. The number of nitrogens with one attached hydrogen (secondary N) is 2. The molecule has 4 rings (SSSR count). The molecule has 4 aromatic rings. The maximum atomic E-state index is 6.37. The minimum Gasteiger partial charge on any atom is -0.329 e. The molecule has 0 unspecified atom stereocenters. The summed E-state index contributed by atoms with van der Waals surface area (Å²) >= 11 is 24.0. The fraction of sp³-hybridized carbons (Fsp3) is 0.174. The summed E-state index contributed by atoms with van der Waals surface area (Å²) in [6.45, 7) is 5.12. The van der Waals surface area contributed by atoms with Crippen molar-refractivity contribution in [1.82, 2.24) is 19.6 Å². The third-order valence-electron chi connectivity index (χ3n) is 5.07. The van der Waals surface area contributed by atoms with Crippen molar-refractivity contribution < 1.29 is 0 Å². The molecule has 0 spiro atoms. The minimum atomic E-state index is 0.377. The van der Waals surface area contributed by atoms with Crippen molar-refractivity contribution in [2.24, 2.45) is 0 Å². The molecule has 0 aliphatic rings. The number of thiocarbonyl (C=S) groups is 1. The van der Waals surface area contributed by atoms with Crippen molar-refractivity contribution >= 4 is 63.6 Å². The van der Waals surface area contributed by atoms with Crippen LogP contribution in [0.4, 0.5) is 11.5 Å². The summed E-state index contributed by atoms with van der Waals surface area (Å²) in [5.74, 6) is 0.459.